The lowest BCUT2D eigenvalue weighted by Gasteiger charge is -2.18. The molecular formula is C16H16BrNO2S. The maximum Gasteiger partial charge on any atom is 0.177 e. The van der Waals surface area contributed by atoms with Crippen LogP contribution in [0.25, 0.3) is 0 Å². The van der Waals surface area contributed by atoms with E-state index in [4.69, 9.17) is 0 Å². The molecule has 0 radical (unpaired) electrons. The van der Waals surface area contributed by atoms with Gasteiger partial charge in [0.1, 0.15) is 0 Å². The van der Waals surface area contributed by atoms with E-state index in [0.717, 1.165) is 17.3 Å². The summed E-state index contributed by atoms with van der Waals surface area (Å²) in [4.78, 5) is 0.357. The lowest BCUT2D eigenvalue weighted by atomic mass is 10.1. The highest BCUT2D eigenvalue weighted by molar-refractivity contribution is 9.10. The summed E-state index contributed by atoms with van der Waals surface area (Å²) in [6.07, 6.45) is 3.23. The third kappa shape index (κ3) is 2.99. The number of halogens is 1. The lowest BCUT2D eigenvalue weighted by molar-refractivity contribution is 0.602. The van der Waals surface area contributed by atoms with E-state index in [2.05, 4.69) is 33.4 Å². The zero-order chi connectivity index (χ0) is 15.0. The van der Waals surface area contributed by atoms with Crippen LogP contribution < -0.4 is 5.32 Å². The first kappa shape index (κ1) is 14.6. The van der Waals surface area contributed by atoms with Gasteiger partial charge in [-0.05, 0) is 48.2 Å². The summed E-state index contributed by atoms with van der Waals surface area (Å²) in [6.45, 7) is 0. The molecule has 0 heterocycles. The Labute approximate surface area is 133 Å². The molecule has 5 heteroatoms. The van der Waals surface area contributed by atoms with Crippen LogP contribution in [-0.4, -0.2) is 14.7 Å². The molecule has 0 aromatic heterocycles. The van der Waals surface area contributed by atoms with Crippen molar-refractivity contribution < 1.29 is 8.42 Å². The number of para-hydroxylation sites is 1. The Hall–Kier alpha value is -1.33. The second-order valence-corrected chi connectivity index (χ2v) is 8.25. The molecule has 1 atom stereocenters. The van der Waals surface area contributed by atoms with Crippen molar-refractivity contribution in [1.82, 2.24) is 0 Å². The number of hydrogen-bond donors (Lipinski definition) is 1. The first-order valence-corrected chi connectivity index (χ1v) is 9.47. The highest BCUT2D eigenvalue weighted by atomic mass is 79.9. The predicted molar refractivity (Wildman–Crippen MR) is 88.4 cm³/mol. The van der Waals surface area contributed by atoms with Gasteiger partial charge in [-0.1, -0.05) is 34.1 Å². The molecule has 0 aliphatic heterocycles. The number of aryl methyl sites for hydroxylation is 1. The molecule has 3 nitrogen and oxygen atoms in total. The Morgan fingerprint density at radius 2 is 1.95 bits per heavy atom. The first-order chi connectivity index (χ1) is 9.95. The van der Waals surface area contributed by atoms with E-state index in [9.17, 15) is 8.42 Å². The summed E-state index contributed by atoms with van der Waals surface area (Å²) in [5, 5.41) is 3.40. The Kier molecular flexibility index (Phi) is 3.80. The predicted octanol–water partition coefficient (Wildman–Crippen LogP) is 3.95. The Morgan fingerprint density at radius 3 is 2.71 bits per heavy atom. The van der Waals surface area contributed by atoms with E-state index in [1.54, 1.807) is 12.1 Å². The number of benzene rings is 2. The van der Waals surface area contributed by atoms with Gasteiger partial charge in [-0.15, -0.1) is 0 Å². The van der Waals surface area contributed by atoms with Gasteiger partial charge in [0.15, 0.2) is 9.84 Å². The fourth-order valence-corrected chi connectivity index (χ4v) is 4.09. The Balaban J connectivity index is 1.94. The van der Waals surface area contributed by atoms with E-state index < -0.39 is 9.84 Å². The van der Waals surface area contributed by atoms with Gasteiger partial charge in [0.2, 0.25) is 0 Å². The molecular weight excluding hydrogens is 350 g/mol. The summed E-state index contributed by atoms with van der Waals surface area (Å²) in [6, 6.07) is 13.5. The molecule has 110 valence electrons. The number of hydrogen-bond acceptors (Lipinski definition) is 3. The second kappa shape index (κ2) is 5.46. The minimum atomic E-state index is -3.23. The van der Waals surface area contributed by atoms with Gasteiger partial charge in [0.25, 0.3) is 0 Å². The number of sulfone groups is 1. The van der Waals surface area contributed by atoms with Gasteiger partial charge < -0.3 is 5.32 Å². The molecule has 0 spiro atoms. The van der Waals surface area contributed by atoms with Crippen molar-refractivity contribution in [3.63, 3.8) is 0 Å². The molecule has 2 aromatic carbocycles. The SMILES string of the molecule is CS(=O)(=O)c1ccccc1NC1CCc2cc(Br)ccc21. The van der Waals surface area contributed by atoms with Crippen LogP contribution in [-0.2, 0) is 16.3 Å². The molecule has 21 heavy (non-hydrogen) atoms. The van der Waals surface area contributed by atoms with Crippen LogP contribution in [0, 0.1) is 0 Å². The quantitative estimate of drug-likeness (QED) is 0.895. The molecule has 0 fully saturated rings. The fourth-order valence-electron chi connectivity index (χ4n) is 2.83. The molecule has 1 N–H and O–H groups in total. The molecule has 0 amide bonds. The zero-order valence-corrected chi connectivity index (χ0v) is 14.0. The molecule has 2 aromatic rings. The second-order valence-electron chi connectivity index (χ2n) is 5.35. The van der Waals surface area contributed by atoms with E-state index in [1.807, 2.05) is 18.2 Å². The molecule has 1 aliphatic rings. The maximum atomic E-state index is 11.9. The van der Waals surface area contributed by atoms with Crippen molar-refractivity contribution in [2.45, 2.75) is 23.8 Å². The number of rotatable bonds is 3. The molecule has 1 unspecified atom stereocenters. The summed E-state index contributed by atoms with van der Waals surface area (Å²) in [7, 11) is -3.23. The normalized spacial score (nSPS) is 17.5. The summed E-state index contributed by atoms with van der Waals surface area (Å²) < 4.78 is 24.8. The Morgan fingerprint density at radius 1 is 1.19 bits per heavy atom. The van der Waals surface area contributed by atoms with Crippen LogP contribution in [0.5, 0.6) is 0 Å². The van der Waals surface area contributed by atoms with Crippen molar-refractivity contribution in [1.29, 1.82) is 0 Å². The van der Waals surface area contributed by atoms with E-state index >= 15 is 0 Å². The first-order valence-electron chi connectivity index (χ1n) is 6.79. The largest absolute Gasteiger partial charge is 0.377 e. The smallest absolute Gasteiger partial charge is 0.177 e. The summed E-state index contributed by atoms with van der Waals surface area (Å²) >= 11 is 3.49. The van der Waals surface area contributed by atoms with Crippen LogP contribution in [0.4, 0.5) is 5.69 Å². The lowest BCUT2D eigenvalue weighted by Crippen LogP contribution is -2.10. The van der Waals surface area contributed by atoms with Crippen molar-refractivity contribution in [3.8, 4) is 0 Å². The average molecular weight is 366 g/mol. The minimum Gasteiger partial charge on any atom is -0.377 e. The van der Waals surface area contributed by atoms with Crippen LogP contribution in [0.3, 0.4) is 0 Å². The van der Waals surface area contributed by atoms with Crippen molar-refractivity contribution in [2.75, 3.05) is 11.6 Å². The van der Waals surface area contributed by atoms with Crippen molar-refractivity contribution >= 4 is 31.5 Å². The van der Waals surface area contributed by atoms with Gasteiger partial charge in [-0.25, -0.2) is 8.42 Å². The van der Waals surface area contributed by atoms with Gasteiger partial charge in [-0.3, -0.25) is 0 Å². The molecule has 3 rings (SSSR count). The molecule has 0 saturated heterocycles. The van der Waals surface area contributed by atoms with Crippen LogP contribution in [0.2, 0.25) is 0 Å². The number of fused-ring (bicyclic) bond motifs is 1. The van der Waals surface area contributed by atoms with Gasteiger partial charge in [0.05, 0.1) is 16.6 Å². The maximum absolute atomic E-state index is 11.9. The Bertz CT molecular complexity index is 787. The summed E-state index contributed by atoms with van der Waals surface area (Å²) in [5.41, 5.74) is 3.25. The van der Waals surface area contributed by atoms with Crippen LogP contribution >= 0.6 is 15.9 Å². The van der Waals surface area contributed by atoms with Crippen molar-refractivity contribution in [3.05, 3.63) is 58.1 Å². The van der Waals surface area contributed by atoms with Gasteiger partial charge in [-0.2, -0.15) is 0 Å². The van der Waals surface area contributed by atoms with Gasteiger partial charge in [0, 0.05) is 10.7 Å². The average Bonchev–Trinajstić information content (AvgIpc) is 2.80. The zero-order valence-electron chi connectivity index (χ0n) is 11.6. The molecule has 0 saturated carbocycles. The molecule has 0 bridgehead atoms. The molecule has 1 aliphatic carbocycles. The monoisotopic (exact) mass is 365 g/mol. The van der Waals surface area contributed by atoms with E-state index in [0.29, 0.717) is 10.6 Å². The third-order valence-corrected chi connectivity index (χ3v) is 5.45. The van der Waals surface area contributed by atoms with Crippen molar-refractivity contribution in [2.24, 2.45) is 0 Å². The minimum absolute atomic E-state index is 0.163. The highest BCUT2D eigenvalue weighted by Gasteiger charge is 2.24. The topological polar surface area (TPSA) is 46.2 Å². The van der Waals surface area contributed by atoms with E-state index in [1.165, 1.54) is 17.4 Å². The van der Waals surface area contributed by atoms with Gasteiger partial charge >= 0.3 is 0 Å². The number of nitrogens with one attached hydrogen (secondary N) is 1. The number of anilines is 1. The standard InChI is InChI=1S/C16H16BrNO2S/c1-21(19,20)16-5-3-2-4-15(16)18-14-9-6-11-10-12(17)7-8-13(11)14/h2-5,7-8,10,14,18H,6,9H2,1H3. The third-order valence-electron chi connectivity index (χ3n) is 3.80. The fraction of sp³-hybridized carbons (Fsp3) is 0.250. The highest BCUT2D eigenvalue weighted by Crippen LogP contribution is 2.36. The van der Waals surface area contributed by atoms with Crippen LogP contribution in [0.15, 0.2) is 51.8 Å². The van der Waals surface area contributed by atoms with Crippen LogP contribution in [0.1, 0.15) is 23.6 Å². The van der Waals surface area contributed by atoms with E-state index in [-0.39, 0.29) is 6.04 Å². The summed E-state index contributed by atoms with van der Waals surface area (Å²) in [5.74, 6) is 0.